The van der Waals surface area contributed by atoms with Gasteiger partial charge in [-0.25, -0.2) is 18.9 Å². The Morgan fingerprint density at radius 2 is 2.03 bits per heavy atom. The molecule has 0 bridgehead atoms. The molecule has 1 aliphatic rings. The highest BCUT2D eigenvalue weighted by Crippen LogP contribution is 2.26. The Labute approximate surface area is 185 Å². The Morgan fingerprint density at radius 3 is 2.76 bits per heavy atom. The van der Waals surface area contributed by atoms with E-state index in [0.717, 1.165) is 0 Å². The number of fused-ring (bicyclic) bond motifs is 1. The third-order valence-corrected chi connectivity index (χ3v) is 5.16. The number of carbonyl (C=O) groups excluding carboxylic acids is 1. The first kappa shape index (κ1) is 20.5. The van der Waals surface area contributed by atoms with E-state index in [4.69, 9.17) is 0 Å². The zero-order valence-corrected chi connectivity index (χ0v) is 17.3. The van der Waals surface area contributed by atoms with Gasteiger partial charge in [0.2, 0.25) is 5.95 Å². The van der Waals surface area contributed by atoms with Gasteiger partial charge in [0.1, 0.15) is 17.7 Å². The first-order chi connectivity index (χ1) is 15.9. The molecule has 1 amide bonds. The molecule has 0 aromatic carbocycles. The Balaban J connectivity index is 1.52. The highest BCUT2D eigenvalue weighted by molar-refractivity contribution is 5.94. The van der Waals surface area contributed by atoms with E-state index in [1.807, 2.05) is 0 Å². The highest BCUT2D eigenvalue weighted by atomic mass is 19.1. The van der Waals surface area contributed by atoms with Crippen molar-refractivity contribution in [3.05, 3.63) is 70.8 Å². The number of pyridine rings is 2. The quantitative estimate of drug-likeness (QED) is 0.383. The molecule has 0 saturated heterocycles. The lowest BCUT2D eigenvalue weighted by molar-refractivity contribution is 0.0940. The topological polar surface area (TPSA) is 118 Å². The molecule has 4 aromatic rings. The van der Waals surface area contributed by atoms with Crippen LogP contribution in [0.2, 0.25) is 0 Å². The maximum atomic E-state index is 13.5. The fourth-order valence-electron chi connectivity index (χ4n) is 3.36. The molecule has 12 heteroatoms. The second kappa shape index (κ2) is 7.97. The number of nitrogens with one attached hydrogen (secondary N) is 3. The average Bonchev–Trinajstić information content (AvgIpc) is 3.31. The van der Waals surface area contributed by atoms with Crippen molar-refractivity contribution in [2.75, 3.05) is 17.7 Å². The van der Waals surface area contributed by atoms with Gasteiger partial charge in [0.05, 0.1) is 17.9 Å². The molecule has 0 unspecified atom stereocenters. The first-order valence-electron chi connectivity index (χ1n) is 10.1. The predicted octanol–water partition coefficient (Wildman–Crippen LogP) is 2.04. The number of hydrogen-bond acceptors (Lipinski definition) is 7. The average molecular weight is 452 g/mol. The Morgan fingerprint density at radius 1 is 1.21 bits per heavy atom. The van der Waals surface area contributed by atoms with Crippen molar-refractivity contribution in [3.63, 3.8) is 0 Å². The third-order valence-electron chi connectivity index (χ3n) is 5.16. The predicted molar refractivity (Wildman–Crippen MR) is 116 cm³/mol. The standard InChI is InChI=1S/C21H18F2N8O2/c1-24-14-9-17(29-31-15(10-25-19(14)31)20(32)27-13-8-11(13)22)26-12-4-3-7-30(21(12)33)18-6-2-5-16(23)28-18/h2-7,9-11,13,24H,8H2,1H3,(H,26,29)(H,27,32)/t11-,13+/m0/s1. The maximum absolute atomic E-state index is 13.5. The first-order valence-corrected chi connectivity index (χ1v) is 10.1. The van der Waals surface area contributed by atoms with Gasteiger partial charge in [0.15, 0.2) is 17.2 Å². The molecule has 3 N–H and O–H groups in total. The number of aromatic nitrogens is 5. The van der Waals surface area contributed by atoms with Gasteiger partial charge in [-0.15, -0.1) is 5.10 Å². The van der Waals surface area contributed by atoms with Crippen LogP contribution in [0.1, 0.15) is 16.9 Å². The molecule has 1 saturated carbocycles. The van der Waals surface area contributed by atoms with Crippen molar-refractivity contribution in [2.24, 2.45) is 0 Å². The summed E-state index contributed by atoms with van der Waals surface area (Å²) in [4.78, 5) is 33.5. The van der Waals surface area contributed by atoms with Crippen LogP contribution in [0.15, 0.2) is 53.6 Å². The van der Waals surface area contributed by atoms with Crippen LogP contribution >= 0.6 is 0 Å². The van der Waals surface area contributed by atoms with E-state index < -0.39 is 29.6 Å². The highest BCUT2D eigenvalue weighted by Gasteiger charge is 2.39. The van der Waals surface area contributed by atoms with Crippen molar-refractivity contribution in [3.8, 4) is 5.82 Å². The van der Waals surface area contributed by atoms with Crippen LogP contribution in [0, 0.1) is 5.95 Å². The zero-order valence-electron chi connectivity index (χ0n) is 17.3. The second-order valence-corrected chi connectivity index (χ2v) is 7.44. The minimum atomic E-state index is -1.04. The van der Waals surface area contributed by atoms with Gasteiger partial charge in [0.25, 0.3) is 11.5 Å². The van der Waals surface area contributed by atoms with E-state index in [-0.39, 0.29) is 29.4 Å². The molecule has 5 rings (SSSR count). The molecule has 2 atom stereocenters. The van der Waals surface area contributed by atoms with Crippen LogP contribution in [0.25, 0.3) is 11.5 Å². The molecular weight excluding hydrogens is 434 g/mol. The van der Waals surface area contributed by atoms with Gasteiger partial charge < -0.3 is 16.0 Å². The van der Waals surface area contributed by atoms with E-state index in [1.54, 1.807) is 25.2 Å². The molecule has 10 nitrogen and oxygen atoms in total. The largest absolute Gasteiger partial charge is 0.385 e. The summed E-state index contributed by atoms with van der Waals surface area (Å²) in [5, 5.41) is 12.9. The lowest BCUT2D eigenvalue weighted by atomic mass is 10.3. The smallest absolute Gasteiger partial charge is 0.279 e. The Bertz CT molecular complexity index is 1430. The molecule has 4 aromatic heterocycles. The molecule has 1 aliphatic carbocycles. The van der Waals surface area contributed by atoms with Crippen LogP contribution in [-0.4, -0.2) is 49.3 Å². The van der Waals surface area contributed by atoms with Crippen molar-refractivity contribution < 1.29 is 13.6 Å². The monoisotopic (exact) mass is 452 g/mol. The van der Waals surface area contributed by atoms with Gasteiger partial charge in [-0.05, 0) is 24.3 Å². The van der Waals surface area contributed by atoms with Crippen LogP contribution < -0.4 is 21.5 Å². The Hall–Kier alpha value is -4.35. The molecule has 0 spiro atoms. The van der Waals surface area contributed by atoms with Gasteiger partial charge in [0, 0.05) is 25.7 Å². The van der Waals surface area contributed by atoms with E-state index in [2.05, 4.69) is 31.0 Å². The minimum absolute atomic E-state index is 0.124. The molecule has 4 heterocycles. The molecule has 168 valence electrons. The summed E-state index contributed by atoms with van der Waals surface area (Å²) in [7, 11) is 1.68. The van der Waals surface area contributed by atoms with Gasteiger partial charge in [-0.2, -0.15) is 4.39 Å². The lowest BCUT2D eigenvalue weighted by Crippen LogP contribution is -2.28. The molecule has 0 aliphatic heterocycles. The number of alkyl halides is 1. The van der Waals surface area contributed by atoms with Gasteiger partial charge >= 0.3 is 0 Å². The number of imidazole rings is 1. The third kappa shape index (κ3) is 3.86. The van der Waals surface area contributed by atoms with Crippen LogP contribution in [0.3, 0.4) is 0 Å². The zero-order chi connectivity index (χ0) is 23.1. The van der Waals surface area contributed by atoms with E-state index in [1.165, 1.54) is 39.7 Å². The fourth-order valence-corrected chi connectivity index (χ4v) is 3.36. The SMILES string of the molecule is CNc1cc(Nc2cccn(-c3cccc(F)n3)c2=O)nn2c(C(=O)N[C@@H]3C[C@@H]3F)cnc12. The fraction of sp³-hybridized carbons (Fsp3) is 0.190. The Kier molecular flexibility index (Phi) is 4.96. The normalized spacial score (nSPS) is 17.1. The van der Waals surface area contributed by atoms with Crippen LogP contribution in [-0.2, 0) is 0 Å². The van der Waals surface area contributed by atoms with Crippen molar-refractivity contribution >= 4 is 28.7 Å². The number of halogens is 2. The number of nitrogens with zero attached hydrogens (tertiary/aromatic N) is 5. The lowest BCUT2D eigenvalue weighted by Gasteiger charge is -2.11. The van der Waals surface area contributed by atoms with Gasteiger partial charge in [-0.3, -0.25) is 14.2 Å². The molecule has 33 heavy (non-hydrogen) atoms. The number of rotatable bonds is 6. The summed E-state index contributed by atoms with van der Waals surface area (Å²) in [6.07, 6.45) is 2.06. The minimum Gasteiger partial charge on any atom is -0.385 e. The second-order valence-electron chi connectivity index (χ2n) is 7.44. The summed E-state index contributed by atoms with van der Waals surface area (Å²) in [6, 6.07) is 8.41. The van der Waals surface area contributed by atoms with Crippen LogP contribution in [0.5, 0.6) is 0 Å². The van der Waals surface area contributed by atoms with E-state index in [0.29, 0.717) is 11.3 Å². The summed E-state index contributed by atoms with van der Waals surface area (Å²) in [6.45, 7) is 0. The van der Waals surface area contributed by atoms with E-state index >= 15 is 0 Å². The molecule has 0 radical (unpaired) electrons. The van der Waals surface area contributed by atoms with Gasteiger partial charge in [-0.1, -0.05) is 6.07 Å². The summed E-state index contributed by atoms with van der Waals surface area (Å²) in [5.41, 5.74) is 0.731. The molecular formula is C21H18F2N8O2. The number of amides is 1. The number of hydrogen-bond donors (Lipinski definition) is 3. The maximum Gasteiger partial charge on any atom is 0.279 e. The summed E-state index contributed by atoms with van der Waals surface area (Å²) >= 11 is 0. The van der Waals surface area contributed by atoms with Crippen molar-refractivity contribution in [1.82, 2.24) is 29.5 Å². The number of carbonyl (C=O) groups is 1. The summed E-state index contributed by atoms with van der Waals surface area (Å²) in [5.74, 6) is -0.836. The molecule has 1 fully saturated rings. The van der Waals surface area contributed by atoms with Crippen molar-refractivity contribution in [2.45, 2.75) is 18.6 Å². The van der Waals surface area contributed by atoms with E-state index in [9.17, 15) is 18.4 Å². The van der Waals surface area contributed by atoms with Crippen LogP contribution in [0.4, 0.5) is 26.0 Å². The number of anilines is 3. The van der Waals surface area contributed by atoms with Crippen molar-refractivity contribution in [1.29, 1.82) is 0 Å². The summed E-state index contributed by atoms with van der Waals surface area (Å²) < 4.78 is 29.2.